The lowest BCUT2D eigenvalue weighted by molar-refractivity contribution is -0.138. The van der Waals surface area contributed by atoms with E-state index in [0.29, 0.717) is 36.0 Å². The lowest BCUT2D eigenvalue weighted by Gasteiger charge is -2.21. The number of aliphatic carboxylic acids is 1. The van der Waals surface area contributed by atoms with Gasteiger partial charge in [-0.1, -0.05) is 5.21 Å². The van der Waals surface area contributed by atoms with Gasteiger partial charge >= 0.3 is 5.97 Å². The van der Waals surface area contributed by atoms with E-state index in [0.717, 1.165) is 4.68 Å². The summed E-state index contributed by atoms with van der Waals surface area (Å²) in [5.41, 5.74) is 0.641. The Morgan fingerprint density at radius 1 is 1.30 bits per heavy atom. The van der Waals surface area contributed by atoms with Gasteiger partial charge in [0.1, 0.15) is 11.6 Å². The number of carbonyl (C=O) groups excluding carboxylic acids is 2. The van der Waals surface area contributed by atoms with E-state index in [1.54, 1.807) is 18.2 Å². The third kappa shape index (κ3) is 4.27. The van der Waals surface area contributed by atoms with Gasteiger partial charge in [-0.25, -0.2) is 0 Å². The molecule has 1 fully saturated rings. The molecule has 0 bridgehead atoms. The number of amides is 2. The number of aromatic nitrogens is 3. The summed E-state index contributed by atoms with van der Waals surface area (Å²) in [6, 6.07) is 4.17. The van der Waals surface area contributed by atoms with Crippen molar-refractivity contribution in [3.63, 3.8) is 0 Å². The number of piperidine rings is 1. The number of nitrogens with zero attached hydrogens (tertiary/aromatic N) is 3. The standard InChI is InChI=1S/C17H19N5O5/c23-14-7-6-13(16(26)19-14)22-17(27)11-9-10(4-5-12(11)20-21-22)18-8-2-1-3-15(24)25/h4-5,9,13,18H,1-3,6-8H2,(H,24,25)(H,19,23,26). The Morgan fingerprint density at radius 2 is 2.11 bits per heavy atom. The SMILES string of the molecule is O=C(O)CCCCNc1ccc2nnn(C3CCC(=O)NC3=O)c(=O)c2c1. The first-order valence-corrected chi connectivity index (χ1v) is 8.64. The number of imide groups is 1. The maximum absolute atomic E-state index is 12.8. The smallest absolute Gasteiger partial charge is 0.303 e. The molecular weight excluding hydrogens is 354 g/mol. The first-order chi connectivity index (χ1) is 13.0. The highest BCUT2D eigenvalue weighted by atomic mass is 16.4. The molecule has 0 saturated carbocycles. The number of carboxylic acid groups (broad SMARTS) is 1. The second kappa shape index (κ2) is 7.94. The maximum atomic E-state index is 12.8. The quantitative estimate of drug-likeness (QED) is 0.468. The average Bonchev–Trinajstić information content (AvgIpc) is 2.62. The van der Waals surface area contributed by atoms with Crippen molar-refractivity contribution in [3.05, 3.63) is 28.6 Å². The maximum Gasteiger partial charge on any atom is 0.303 e. The number of carboxylic acids is 1. The molecule has 2 heterocycles. The first kappa shape index (κ1) is 18.5. The molecule has 3 N–H and O–H groups in total. The predicted octanol–water partition coefficient (Wildman–Crippen LogP) is 0.436. The van der Waals surface area contributed by atoms with E-state index >= 15 is 0 Å². The minimum absolute atomic E-state index is 0.117. The third-order valence-electron chi connectivity index (χ3n) is 4.34. The number of anilines is 1. The Kier molecular flexibility index (Phi) is 5.43. The van der Waals surface area contributed by atoms with Crippen LogP contribution >= 0.6 is 0 Å². The van der Waals surface area contributed by atoms with E-state index in [4.69, 9.17) is 5.11 Å². The molecule has 1 aromatic heterocycles. The molecule has 2 amide bonds. The fraction of sp³-hybridized carbons (Fsp3) is 0.412. The van der Waals surface area contributed by atoms with Crippen molar-refractivity contribution in [2.45, 2.75) is 38.1 Å². The predicted molar refractivity (Wildman–Crippen MR) is 95.2 cm³/mol. The Hall–Kier alpha value is -3.30. The van der Waals surface area contributed by atoms with Gasteiger partial charge in [-0.15, -0.1) is 5.10 Å². The molecule has 27 heavy (non-hydrogen) atoms. The zero-order chi connectivity index (χ0) is 19.4. The largest absolute Gasteiger partial charge is 0.481 e. The lowest BCUT2D eigenvalue weighted by Crippen LogP contribution is -2.45. The minimum Gasteiger partial charge on any atom is -0.481 e. The summed E-state index contributed by atoms with van der Waals surface area (Å²) in [4.78, 5) is 46.5. The highest BCUT2D eigenvalue weighted by molar-refractivity contribution is 5.99. The van der Waals surface area contributed by atoms with Gasteiger partial charge in [0.25, 0.3) is 11.5 Å². The van der Waals surface area contributed by atoms with E-state index in [-0.39, 0.29) is 25.2 Å². The fourth-order valence-electron chi connectivity index (χ4n) is 2.92. The molecule has 1 aliphatic rings. The first-order valence-electron chi connectivity index (χ1n) is 8.64. The number of nitrogens with one attached hydrogen (secondary N) is 2. The molecule has 0 spiro atoms. The van der Waals surface area contributed by atoms with Gasteiger partial charge in [0, 0.05) is 25.1 Å². The van der Waals surface area contributed by atoms with Crippen LogP contribution in [0.5, 0.6) is 0 Å². The Labute approximate surface area is 153 Å². The van der Waals surface area contributed by atoms with E-state index < -0.39 is 23.5 Å². The van der Waals surface area contributed by atoms with Gasteiger partial charge in [0.15, 0.2) is 0 Å². The number of fused-ring (bicyclic) bond motifs is 1. The Bertz CT molecular complexity index is 954. The van der Waals surface area contributed by atoms with E-state index in [2.05, 4.69) is 20.9 Å². The van der Waals surface area contributed by atoms with Crippen LogP contribution in [0.25, 0.3) is 10.9 Å². The fourth-order valence-corrected chi connectivity index (χ4v) is 2.92. The highest BCUT2D eigenvalue weighted by Crippen LogP contribution is 2.18. The van der Waals surface area contributed by atoms with E-state index in [1.165, 1.54) is 0 Å². The molecule has 1 atom stereocenters. The molecule has 3 rings (SSSR count). The van der Waals surface area contributed by atoms with Gasteiger partial charge < -0.3 is 10.4 Å². The molecule has 1 aliphatic heterocycles. The summed E-state index contributed by atoms with van der Waals surface area (Å²) in [6.07, 6.45) is 1.70. The summed E-state index contributed by atoms with van der Waals surface area (Å²) in [5, 5.41) is 22.1. The molecule has 1 aromatic carbocycles. The van der Waals surface area contributed by atoms with Crippen molar-refractivity contribution in [2.75, 3.05) is 11.9 Å². The van der Waals surface area contributed by atoms with Crippen LogP contribution in [0.15, 0.2) is 23.0 Å². The topological polar surface area (TPSA) is 143 Å². The second-order valence-corrected chi connectivity index (χ2v) is 6.32. The van der Waals surface area contributed by atoms with Crippen molar-refractivity contribution >= 4 is 34.4 Å². The molecule has 10 nitrogen and oxygen atoms in total. The molecule has 1 unspecified atom stereocenters. The van der Waals surface area contributed by atoms with Crippen LogP contribution in [-0.4, -0.2) is 44.4 Å². The number of benzene rings is 1. The Morgan fingerprint density at radius 3 is 2.85 bits per heavy atom. The van der Waals surface area contributed by atoms with Crippen LogP contribution in [0, 0.1) is 0 Å². The van der Waals surface area contributed by atoms with Gasteiger partial charge in [-0.05, 0) is 37.5 Å². The number of rotatable bonds is 7. The van der Waals surface area contributed by atoms with Crippen molar-refractivity contribution in [2.24, 2.45) is 0 Å². The second-order valence-electron chi connectivity index (χ2n) is 6.32. The monoisotopic (exact) mass is 373 g/mol. The zero-order valence-electron chi connectivity index (χ0n) is 14.5. The number of hydrogen-bond acceptors (Lipinski definition) is 7. The summed E-state index contributed by atoms with van der Waals surface area (Å²) in [7, 11) is 0. The van der Waals surface area contributed by atoms with Crippen LogP contribution in [-0.2, 0) is 14.4 Å². The van der Waals surface area contributed by atoms with Crippen LogP contribution < -0.4 is 16.2 Å². The third-order valence-corrected chi connectivity index (χ3v) is 4.34. The molecule has 0 radical (unpaired) electrons. The average molecular weight is 373 g/mol. The molecule has 0 aliphatic carbocycles. The van der Waals surface area contributed by atoms with Crippen LogP contribution in [0.3, 0.4) is 0 Å². The molecule has 1 saturated heterocycles. The molecule has 142 valence electrons. The normalized spacial score (nSPS) is 17.0. The number of hydrogen-bond donors (Lipinski definition) is 3. The van der Waals surface area contributed by atoms with Gasteiger partial charge in [-0.3, -0.25) is 24.5 Å². The molecule has 2 aromatic rings. The summed E-state index contributed by atoms with van der Waals surface area (Å²) >= 11 is 0. The van der Waals surface area contributed by atoms with Gasteiger partial charge in [-0.2, -0.15) is 4.68 Å². The number of unbranched alkanes of at least 4 members (excludes halogenated alkanes) is 1. The van der Waals surface area contributed by atoms with Crippen LogP contribution in [0.1, 0.15) is 38.1 Å². The summed E-state index contributed by atoms with van der Waals surface area (Å²) < 4.78 is 1.01. The van der Waals surface area contributed by atoms with Crippen molar-refractivity contribution in [1.82, 2.24) is 20.3 Å². The number of carbonyl (C=O) groups is 3. The minimum atomic E-state index is -0.861. The summed E-state index contributed by atoms with van der Waals surface area (Å²) in [5.74, 6) is -1.75. The van der Waals surface area contributed by atoms with Gasteiger partial charge in [0.05, 0.1) is 5.39 Å². The van der Waals surface area contributed by atoms with Crippen LogP contribution in [0.4, 0.5) is 5.69 Å². The zero-order valence-corrected chi connectivity index (χ0v) is 14.5. The van der Waals surface area contributed by atoms with Crippen molar-refractivity contribution in [3.8, 4) is 0 Å². The molecular formula is C17H19N5O5. The van der Waals surface area contributed by atoms with Crippen molar-refractivity contribution in [1.29, 1.82) is 0 Å². The summed E-state index contributed by atoms with van der Waals surface area (Å²) in [6.45, 7) is 0.568. The Balaban J connectivity index is 1.78. The van der Waals surface area contributed by atoms with Crippen molar-refractivity contribution < 1.29 is 19.5 Å². The van der Waals surface area contributed by atoms with Gasteiger partial charge in [0.2, 0.25) is 5.91 Å². The van der Waals surface area contributed by atoms with Crippen LogP contribution in [0.2, 0.25) is 0 Å². The molecule has 10 heteroatoms. The van der Waals surface area contributed by atoms with E-state index in [1.807, 2.05) is 0 Å². The highest BCUT2D eigenvalue weighted by Gasteiger charge is 2.30. The lowest BCUT2D eigenvalue weighted by atomic mass is 10.1. The van der Waals surface area contributed by atoms with E-state index in [9.17, 15) is 19.2 Å².